The largest absolute Gasteiger partial charge is 0.299 e. The Hall–Kier alpha value is -0.660. The standard InChI is InChI=1S/C15H24O2/c1-3-11-7-8-12(15(11)17)9-10(2)13-5-4-6-14(13)16/h10-13H,3-9H2,1-2H3/t10?,11-,12?,13?/m0/s1. The molecule has 0 aromatic rings. The van der Waals surface area contributed by atoms with Crippen LogP contribution >= 0.6 is 0 Å². The lowest BCUT2D eigenvalue weighted by Crippen LogP contribution is -2.22. The van der Waals surface area contributed by atoms with Gasteiger partial charge < -0.3 is 0 Å². The molecule has 3 unspecified atom stereocenters. The lowest BCUT2D eigenvalue weighted by atomic mass is 9.83. The number of ketones is 2. The third kappa shape index (κ3) is 2.61. The van der Waals surface area contributed by atoms with Gasteiger partial charge in [0.25, 0.3) is 0 Å². The number of Topliss-reactive ketones (excluding diaryl/α,β-unsaturated/α-hetero) is 2. The van der Waals surface area contributed by atoms with Gasteiger partial charge in [-0.2, -0.15) is 0 Å². The summed E-state index contributed by atoms with van der Waals surface area (Å²) in [4.78, 5) is 23.8. The molecule has 2 rings (SSSR count). The minimum Gasteiger partial charge on any atom is -0.299 e. The Morgan fingerprint density at radius 2 is 1.88 bits per heavy atom. The van der Waals surface area contributed by atoms with Crippen LogP contribution in [0.4, 0.5) is 0 Å². The van der Waals surface area contributed by atoms with Crippen molar-refractivity contribution in [2.45, 2.75) is 58.8 Å². The molecule has 2 nitrogen and oxygen atoms in total. The van der Waals surface area contributed by atoms with E-state index in [9.17, 15) is 9.59 Å². The van der Waals surface area contributed by atoms with E-state index in [1.54, 1.807) is 0 Å². The Morgan fingerprint density at radius 1 is 1.18 bits per heavy atom. The molecule has 2 heteroatoms. The highest BCUT2D eigenvalue weighted by Crippen LogP contribution is 2.38. The predicted octanol–water partition coefficient (Wildman–Crippen LogP) is 3.39. The summed E-state index contributed by atoms with van der Waals surface area (Å²) in [5, 5.41) is 0. The second-order valence-corrected chi connectivity index (χ2v) is 5.96. The zero-order valence-electron chi connectivity index (χ0n) is 11.1. The van der Waals surface area contributed by atoms with Gasteiger partial charge in [-0.05, 0) is 44.4 Å². The van der Waals surface area contributed by atoms with Gasteiger partial charge in [-0.15, -0.1) is 0 Å². The van der Waals surface area contributed by atoms with E-state index >= 15 is 0 Å². The zero-order chi connectivity index (χ0) is 12.4. The molecule has 2 aliphatic carbocycles. The Labute approximate surface area is 104 Å². The van der Waals surface area contributed by atoms with Crippen molar-refractivity contribution >= 4 is 11.6 Å². The van der Waals surface area contributed by atoms with E-state index in [1.807, 2.05) is 0 Å². The van der Waals surface area contributed by atoms with E-state index in [0.717, 1.165) is 44.9 Å². The summed E-state index contributed by atoms with van der Waals surface area (Å²) in [7, 11) is 0. The van der Waals surface area contributed by atoms with Crippen LogP contribution < -0.4 is 0 Å². The molecule has 0 amide bonds. The molecule has 0 N–H and O–H groups in total. The average molecular weight is 236 g/mol. The summed E-state index contributed by atoms with van der Waals surface area (Å²) in [5.41, 5.74) is 0. The summed E-state index contributed by atoms with van der Waals surface area (Å²) < 4.78 is 0. The van der Waals surface area contributed by atoms with E-state index in [2.05, 4.69) is 13.8 Å². The third-order valence-corrected chi connectivity index (χ3v) is 4.86. The highest BCUT2D eigenvalue weighted by atomic mass is 16.1. The fourth-order valence-corrected chi connectivity index (χ4v) is 3.72. The Balaban J connectivity index is 1.89. The summed E-state index contributed by atoms with van der Waals surface area (Å²) in [6.07, 6.45) is 6.96. The van der Waals surface area contributed by atoms with Crippen LogP contribution in [0.2, 0.25) is 0 Å². The lowest BCUT2D eigenvalue weighted by molar-refractivity contribution is -0.126. The molecule has 0 heterocycles. The van der Waals surface area contributed by atoms with Crippen LogP contribution in [-0.4, -0.2) is 11.6 Å². The first-order chi connectivity index (χ1) is 8.13. The molecule has 0 radical (unpaired) electrons. The molecule has 2 fully saturated rings. The quantitative estimate of drug-likeness (QED) is 0.749. The van der Waals surface area contributed by atoms with Gasteiger partial charge >= 0.3 is 0 Å². The van der Waals surface area contributed by atoms with Crippen molar-refractivity contribution in [3.05, 3.63) is 0 Å². The number of carbonyl (C=O) groups excluding carboxylic acids is 2. The first-order valence-corrected chi connectivity index (χ1v) is 7.20. The van der Waals surface area contributed by atoms with E-state index in [4.69, 9.17) is 0 Å². The predicted molar refractivity (Wildman–Crippen MR) is 67.6 cm³/mol. The average Bonchev–Trinajstić information content (AvgIpc) is 2.87. The van der Waals surface area contributed by atoms with E-state index < -0.39 is 0 Å². The zero-order valence-corrected chi connectivity index (χ0v) is 11.1. The van der Waals surface area contributed by atoms with Crippen LogP contribution in [0.3, 0.4) is 0 Å². The van der Waals surface area contributed by atoms with Gasteiger partial charge in [-0.1, -0.05) is 13.8 Å². The van der Waals surface area contributed by atoms with Gasteiger partial charge in [0.15, 0.2) is 0 Å². The van der Waals surface area contributed by atoms with E-state index in [0.29, 0.717) is 23.4 Å². The van der Waals surface area contributed by atoms with Crippen molar-refractivity contribution in [1.29, 1.82) is 0 Å². The third-order valence-electron chi connectivity index (χ3n) is 4.86. The van der Waals surface area contributed by atoms with Crippen LogP contribution in [0.25, 0.3) is 0 Å². The molecule has 2 saturated carbocycles. The highest BCUT2D eigenvalue weighted by molar-refractivity contribution is 5.86. The molecule has 0 aromatic carbocycles. The minimum absolute atomic E-state index is 0.253. The number of hydrogen-bond donors (Lipinski definition) is 0. The van der Waals surface area contributed by atoms with Crippen molar-refractivity contribution in [2.24, 2.45) is 23.7 Å². The SMILES string of the molecule is CC[C@H]1CCC(CC(C)C2CCCC2=O)C1=O. The summed E-state index contributed by atoms with van der Waals surface area (Å²) in [5.74, 6) is 2.15. The first kappa shape index (κ1) is 12.8. The summed E-state index contributed by atoms with van der Waals surface area (Å²) in [6.45, 7) is 4.27. The van der Waals surface area contributed by atoms with E-state index in [-0.39, 0.29) is 11.8 Å². The van der Waals surface area contributed by atoms with Crippen LogP contribution in [0.1, 0.15) is 58.8 Å². The van der Waals surface area contributed by atoms with Gasteiger partial charge in [0.1, 0.15) is 11.6 Å². The number of rotatable bonds is 4. The fourth-order valence-electron chi connectivity index (χ4n) is 3.72. The molecule has 2 aliphatic rings. The smallest absolute Gasteiger partial charge is 0.139 e. The molecule has 0 spiro atoms. The van der Waals surface area contributed by atoms with Crippen molar-refractivity contribution in [3.8, 4) is 0 Å². The molecule has 17 heavy (non-hydrogen) atoms. The van der Waals surface area contributed by atoms with Crippen LogP contribution in [0, 0.1) is 23.7 Å². The van der Waals surface area contributed by atoms with Gasteiger partial charge in [0.05, 0.1) is 0 Å². The Bertz CT molecular complexity index is 308. The molecule has 96 valence electrons. The van der Waals surface area contributed by atoms with E-state index in [1.165, 1.54) is 0 Å². The van der Waals surface area contributed by atoms with Crippen LogP contribution in [0.15, 0.2) is 0 Å². The van der Waals surface area contributed by atoms with Crippen molar-refractivity contribution in [2.75, 3.05) is 0 Å². The molecule has 0 aromatic heterocycles. The molecular formula is C15H24O2. The van der Waals surface area contributed by atoms with Gasteiger partial charge in [0, 0.05) is 24.2 Å². The monoisotopic (exact) mass is 236 g/mol. The second kappa shape index (κ2) is 5.32. The molecule has 0 saturated heterocycles. The molecular weight excluding hydrogens is 212 g/mol. The van der Waals surface area contributed by atoms with Gasteiger partial charge in [-0.3, -0.25) is 9.59 Å². The van der Waals surface area contributed by atoms with Crippen LogP contribution in [0.5, 0.6) is 0 Å². The second-order valence-electron chi connectivity index (χ2n) is 5.96. The molecule has 0 aliphatic heterocycles. The Morgan fingerprint density at radius 3 is 2.41 bits per heavy atom. The maximum atomic E-state index is 12.1. The lowest BCUT2D eigenvalue weighted by Gasteiger charge is -2.20. The summed E-state index contributed by atoms with van der Waals surface area (Å²) >= 11 is 0. The van der Waals surface area contributed by atoms with Crippen LogP contribution in [-0.2, 0) is 9.59 Å². The first-order valence-electron chi connectivity index (χ1n) is 7.20. The number of carbonyl (C=O) groups is 2. The Kier molecular flexibility index (Phi) is 4.01. The normalized spacial score (nSPS) is 35.5. The molecule has 4 atom stereocenters. The minimum atomic E-state index is 0.253. The van der Waals surface area contributed by atoms with Crippen molar-refractivity contribution in [1.82, 2.24) is 0 Å². The summed E-state index contributed by atoms with van der Waals surface area (Å²) in [6, 6.07) is 0. The molecule has 0 bridgehead atoms. The van der Waals surface area contributed by atoms with Crippen molar-refractivity contribution in [3.63, 3.8) is 0 Å². The van der Waals surface area contributed by atoms with Gasteiger partial charge in [0.2, 0.25) is 0 Å². The van der Waals surface area contributed by atoms with Crippen molar-refractivity contribution < 1.29 is 9.59 Å². The maximum absolute atomic E-state index is 12.1. The van der Waals surface area contributed by atoms with Gasteiger partial charge in [-0.25, -0.2) is 0 Å². The fraction of sp³-hybridized carbons (Fsp3) is 0.867. The highest BCUT2D eigenvalue weighted by Gasteiger charge is 2.37. The topological polar surface area (TPSA) is 34.1 Å². The number of hydrogen-bond acceptors (Lipinski definition) is 2. The maximum Gasteiger partial charge on any atom is 0.139 e.